The molecule has 2 N–H and O–H groups in total. The van der Waals surface area contributed by atoms with E-state index < -0.39 is 0 Å². The van der Waals surface area contributed by atoms with Gasteiger partial charge in [-0.25, -0.2) is 4.79 Å². The molecule has 0 aliphatic carbocycles. The van der Waals surface area contributed by atoms with E-state index in [1.807, 2.05) is 24.1 Å². The molecule has 28 heavy (non-hydrogen) atoms. The van der Waals surface area contributed by atoms with Crippen molar-refractivity contribution >= 4 is 28.0 Å². The molecule has 0 amide bonds. The van der Waals surface area contributed by atoms with Crippen LogP contribution in [0.3, 0.4) is 0 Å². The molecule has 1 saturated heterocycles. The van der Waals surface area contributed by atoms with Crippen molar-refractivity contribution in [2.75, 3.05) is 24.5 Å². The fourth-order valence-electron chi connectivity index (χ4n) is 2.88. The van der Waals surface area contributed by atoms with E-state index in [9.17, 15) is 4.79 Å². The van der Waals surface area contributed by atoms with Gasteiger partial charge in [-0.1, -0.05) is 5.11 Å². The summed E-state index contributed by atoms with van der Waals surface area (Å²) in [7, 11) is 0. The number of aryl methyl sites for hydroxylation is 1. The van der Waals surface area contributed by atoms with E-state index in [0.717, 1.165) is 17.0 Å². The van der Waals surface area contributed by atoms with Crippen LogP contribution in [0.4, 0.5) is 10.9 Å². The lowest BCUT2D eigenvalue weighted by atomic mass is 10.0. The van der Waals surface area contributed by atoms with Gasteiger partial charge in [-0.3, -0.25) is 4.57 Å². The molecule has 3 rings (SSSR count). The number of nitrogens with one attached hydrogen (secondary N) is 2. The van der Waals surface area contributed by atoms with Crippen LogP contribution in [0.2, 0.25) is 0 Å². The normalized spacial score (nSPS) is 15.6. The molecule has 0 saturated carbocycles. The van der Waals surface area contributed by atoms with E-state index in [4.69, 9.17) is 10.9 Å². The molecule has 3 heterocycles. The summed E-state index contributed by atoms with van der Waals surface area (Å²) in [6.07, 6.45) is 2.59. The smallest absolute Gasteiger partial charge is 0.352 e. The standard InChI is InChI=1S/C17H21N9OS/c1-3-20-8-12-6-7-25(10-14(12)18)16-21-11(2)26(17(27)22-16)9-13-4-5-15(28-13)23-24-19/h4-5,8,18,20H,3,6-7,9-10H2,1-2H3/b12-8-,18-14?. The summed E-state index contributed by atoms with van der Waals surface area (Å²) in [4.78, 5) is 26.7. The molecule has 146 valence electrons. The number of hydrogen-bond donors (Lipinski definition) is 2. The van der Waals surface area contributed by atoms with Crippen molar-refractivity contribution in [3.8, 4) is 0 Å². The lowest BCUT2D eigenvalue weighted by Gasteiger charge is -2.29. The third-order valence-electron chi connectivity index (χ3n) is 4.33. The number of anilines is 1. The first-order valence-electron chi connectivity index (χ1n) is 8.86. The second-order valence-electron chi connectivity index (χ2n) is 6.25. The summed E-state index contributed by atoms with van der Waals surface area (Å²) in [5.41, 5.74) is 9.59. The number of piperidine rings is 1. The fraction of sp³-hybridized carbons (Fsp3) is 0.412. The molecular weight excluding hydrogens is 378 g/mol. The van der Waals surface area contributed by atoms with Crippen LogP contribution in [-0.4, -0.2) is 39.9 Å². The summed E-state index contributed by atoms with van der Waals surface area (Å²) in [6, 6.07) is 3.53. The van der Waals surface area contributed by atoms with E-state index in [2.05, 4.69) is 25.3 Å². The van der Waals surface area contributed by atoms with Crippen LogP contribution in [0.5, 0.6) is 0 Å². The fourth-order valence-corrected chi connectivity index (χ4v) is 3.69. The predicted octanol–water partition coefficient (Wildman–Crippen LogP) is 2.72. The molecule has 0 bridgehead atoms. The molecule has 0 aromatic carbocycles. The highest BCUT2D eigenvalue weighted by Gasteiger charge is 2.22. The minimum atomic E-state index is -0.387. The van der Waals surface area contributed by atoms with Crippen LogP contribution in [0.15, 0.2) is 33.8 Å². The largest absolute Gasteiger partial charge is 0.391 e. The van der Waals surface area contributed by atoms with Crippen LogP contribution >= 0.6 is 11.3 Å². The second kappa shape index (κ2) is 8.68. The highest BCUT2D eigenvalue weighted by atomic mass is 32.1. The zero-order valence-corrected chi connectivity index (χ0v) is 16.5. The van der Waals surface area contributed by atoms with Crippen molar-refractivity contribution in [2.45, 2.75) is 26.8 Å². The number of aromatic nitrogens is 3. The van der Waals surface area contributed by atoms with Gasteiger partial charge in [-0.2, -0.15) is 9.97 Å². The van der Waals surface area contributed by atoms with E-state index in [0.29, 0.717) is 48.5 Å². The molecular formula is C17H21N9OS. The molecule has 10 nitrogen and oxygen atoms in total. The molecule has 1 aliphatic heterocycles. The van der Waals surface area contributed by atoms with Gasteiger partial charge in [0, 0.05) is 29.1 Å². The van der Waals surface area contributed by atoms with Crippen molar-refractivity contribution in [3.63, 3.8) is 0 Å². The first-order valence-corrected chi connectivity index (χ1v) is 9.68. The first-order chi connectivity index (χ1) is 13.5. The third-order valence-corrected chi connectivity index (χ3v) is 5.29. The van der Waals surface area contributed by atoms with Gasteiger partial charge in [0.2, 0.25) is 5.95 Å². The van der Waals surface area contributed by atoms with E-state index in [1.165, 1.54) is 15.9 Å². The third kappa shape index (κ3) is 4.38. The highest BCUT2D eigenvalue weighted by molar-refractivity contribution is 7.15. The van der Waals surface area contributed by atoms with Gasteiger partial charge < -0.3 is 15.6 Å². The van der Waals surface area contributed by atoms with Gasteiger partial charge in [-0.05, 0) is 43.5 Å². The lowest BCUT2D eigenvalue weighted by molar-refractivity contribution is 0.657. The van der Waals surface area contributed by atoms with Crippen molar-refractivity contribution < 1.29 is 0 Å². The Morgan fingerprint density at radius 2 is 2.29 bits per heavy atom. The number of rotatable bonds is 6. The Hall–Kier alpha value is -3.17. The first kappa shape index (κ1) is 19.6. The molecule has 11 heteroatoms. The Bertz CT molecular complexity index is 1020. The molecule has 0 unspecified atom stereocenters. The Balaban J connectivity index is 1.77. The molecule has 0 radical (unpaired) electrons. The van der Waals surface area contributed by atoms with Crippen LogP contribution in [0.1, 0.15) is 24.0 Å². The zero-order valence-electron chi connectivity index (χ0n) is 15.7. The second-order valence-corrected chi connectivity index (χ2v) is 7.39. The van der Waals surface area contributed by atoms with Crippen LogP contribution in [0, 0.1) is 12.3 Å². The zero-order chi connectivity index (χ0) is 20.1. The maximum absolute atomic E-state index is 12.6. The van der Waals surface area contributed by atoms with Crippen molar-refractivity contribution in [1.29, 1.82) is 5.41 Å². The Labute approximate surface area is 165 Å². The summed E-state index contributed by atoms with van der Waals surface area (Å²) >= 11 is 1.32. The number of nitrogens with zero attached hydrogens (tertiary/aromatic N) is 7. The molecule has 1 fully saturated rings. The monoisotopic (exact) mass is 399 g/mol. The van der Waals surface area contributed by atoms with Crippen molar-refractivity contribution in [3.05, 3.63) is 55.5 Å². The summed E-state index contributed by atoms with van der Waals surface area (Å²) in [5.74, 6) is 0.904. The van der Waals surface area contributed by atoms with Crippen molar-refractivity contribution in [1.82, 2.24) is 19.9 Å². The van der Waals surface area contributed by atoms with Crippen LogP contribution < -0.4 is 15.9 Å². The van der Waals surface area contributed by atoms with Gasteiger partial charge in [0.15, 0.2) is 0 Å². The molecule has 0 atom stereocenters. The molecule has 2 aromatic heterocycles. The van der Waals surface area contributed by atoms with Crippen LogP contribution in [-0.2, 0) is 6.54 Å². The molecule has 2 aromatic rings. The van der Waals surface area contributed by atoms with E-state index in [-0.39, 0.29) is 5.69 Å². The number of thiophene rings is 1. The van der Waals surface area contributed by atoms with Gasteiger partial charge >= 0.3 is 5.69 Å². The van der Waals surface area contributed by atoms with Gasteiger partial charge in [-0.15, -0.1) is 11.3 Å². The van der Waals surface area contributed by atoms with E-state index >= 15 is 0 Å². The van der Waals surface area contributed by atoms with Crippen LogP contribution in [0.25, 0.3) is 10.4 Å². The van der Waals surface area contributed by atoms with E-state index in [1.54, 1.807) is 13.0 Å². The van der Waals surface area contributed by atoms with Gasteiger partial charge in [0.05, 0.1) is 23.8 Å². The predicted molar refractivity (Wildman–Crippen MR) is 110 cm³/mol. The molecule has 1 aliphatic rings. The molecule has 0 spiro atoms. The summed E-state index contributed by atoms with van der Waals surface area (Å²) in [5, 5.41) is 15.5. The maximum Gasteiger partial charge on any atom is 0.352 e. The lowest BCUT2D eigenvalue weighted by Crippen LogP contribution is -2.40. The number of hydrogen-bond acceptors (Lipinski definition) is 8. The average molecular weight is 399 g/mol. The maximum atomic E-state index is 12.6. The highest BCUT2D eigenvalue weighted by Crippen LogP contribution is 2.25. The Kier molecular flexibility index (Phi) is 6.07. The Morgan fingerprint density at radius 3 is 2.96 bits per heavy atom. The minimum absolute atomic E-state index is 0.321. The SMILES string of the molecule is CCN/C=C1/CCN(c2nc(C)n(Cc3ccc(N=[N+]=[N-])s3)c(=O)n2)CC1=N. The average Bonchev–Trinajstić information content (AvgIpc) is 3.11. The Morgan fingerprint density at radius 1 is 1.46 bits per heavy atom. The topological polar surface area (TPSA) is 136 Å². The minimum Gasteiger partial charge on any atom is -0.391 e. The number of azide groups is 1. The van der Waals surface area contributed by atoms with Crippen molar-refractivity contribution in [2.24, 2.45) is 5.11 Å². The summed E-state index contributed by atoms with van der Waals surface area (Å²) < 4.78 is 1.49. The van der Waals surface area contributed by atoms with Gasteiger partial charge in [0.25, 0.3) is 0 Å². The van der Waals surface area contributed by atoms with Gasteiger partial charge in [0.1, 0.15) is 5.82 Å². The summed E-state index contributed by atoms with van der Waals surface area (Å²) in [6.45, 7) is 5.94. The quantitative estimate of drug-likeness (QED) is 0.437.